The molecule has 2 rings (SSSR count). The normalized spacial score (nSPS) is 15.7. The van der Waals surface area contributed by atoms with Crippen molar-refractivity contribution in [2.75, 3.05) is 14.2 Å². The molecule has 0 radical (unpaired) electrons. The molecule has 20 heavy (non-hydrogen) atoms. The molecule has 4 heteroatoms. The van der Waals surface area contributed by atoms with E-state index in [0.717, 1.165) is 19.3 Å². The van der Waals surface area contributed by atoms with Crippen LogP contribution in [0.25, 0.3) is 0 Å². The lowest BCUT2D eigenvalue weighted by Gasteiger charge is -2.39. The van der Waals surface area contributed by atoms with Crippen LogP contribution in [0.1, 0.15) is 42.1 Å². The van der Waals surface area contributed by atoms with Crippen LogP contribution in [0.4, 0.5) is 0 Å². The average Bonchev–Trinajstić information content (AvgIpc) is 2.43. The monoisotopic (exact) mass is 273 g/mol. The van der Waals surface area contributed by atoms with Crippen molar-refractivity contribution in [3.63, 3.8) is 0 Å². The molecule has 0 aromatic heterocycles. The molecule has 0 atom stereocenters. The Morgan fingerprint density at radius 1 is 1.30 bits per heavy atom. The van der Waals surface area contributed by atoms with Gasteiger partial charge in [0.1, 0.15) is 0 Å². The van der Waals surface area contributed by atoms with Gasteiger partial charge in [0, 0.05) is 17.2 Å². The highest BCUT2D eigenvalue weighted by molar-refractivity contribution is 5.98. The van der Waals surface area contributed by atoms with E-state index in [4.69, 9.17) is 15.9 Å². The molecule has 0 bridgehead atoms. The second-order valence-electron chi connectivity index (χ2n) is 5.27. The van der Waals surface area contributed by atoms with E-state index >= 15 is 0 Å². The number of nitrogens with one attached hydrogen (secondary N) is 1. The quantitative estimate of drug-likeness (QED) is 0.857. The van der Waals surface area contributed by atoms with Gasteiger partial charge in [0.15, 0.2) is 11.5 Å². The molecule has 1 amide bonds. The zero-order valence-corrected chi connectivity index (χ0v) is 12.1. The van der Waals surface area contributed by atoms with Gasteiger partial charge in [-0.3, -0.25) is 4.79 Å². The van der Waals surface area contributed by atoms with Crippen LogP contribution >= 0.6 is 0 Å². The lowest BCUT2D eigenvalue weighted by molar-refractivity contribution is 0.0850. The molecule has 1 N–H and O–H groups in total. The summed E-state index contributed by atoms with van der Waals surface area (Å²) in [6.45, 7) is 2.05. The van der Waals surface area contributed by atoms with Crippen LogP contribution in [0, 0.1) is 12.3 Å². The minimum atomic E-state index is -0.166. The molecule has 0 saturated heterocycles. The Morgan fingerprint density at radius 2 is 1.90 bits per heavy atom. The first kappa shape index (κ1) is 14.3. The number of hydrogen-bond acceptors (Lipinski definition) is 3. The Morgan fingerprint density at radius 3 is 2.35 bits per heavy atom. The van der Waals surface area contributed by atoms with Crippen molar-refractivity contribution in [3.8, 4) is 23.8 Å². The highest BCUT2D eigenvalue weighted by Gasteiger charge is 2.34. The van der Waals surface area contributed by atoms with E-state index in [1.54, 1.807) is 12.1 Å². The number of hydrogen-bond donors (Lipinski definition) is 1. The first-order valence-corrected chi connectivity index (χ1v) is 6.58. The van der Waals surface area contributed by atoms with Gasteiger partial charge >= 0.3 is 0 Å². The van der Waals surface area contributed by atoms with Crippen LogP contribution in [0.2, 0.25) is 0 Å². The maximum atomic E-state index is 12.4. The highest BCUT2D eigenvalue weighted by Crippen LogP contribution is 2.33. The van der Waals surface area contributed by atoms with Crippen LogP contribution in [-0.4, -0.2) is 25.7 Å². The summed E-state index contributed by atoms with van der Waals surface area (Å²) in [6, 6.07) is 3.28. The maximum Gasteiger partial charge on any atom is 0.253 e. The molecule has 1 aromatic rings. The topological polar surface area (TPSA) is 47.6 Å². The number of carbonyl (C=O) groups excluding carboxylic acids is 1. The summed E-state index contributed by atoms with van der Waals surface area (Å²) in [5, 5.41) is 3.04. The molecule has 4 nitrogen and oxygen atoms in total. The molecule has 0 spiro atoms. The maximum absolute atomic E-state index is 12.4. The van der Waals surface area contributed by atoms with E-state index in [1.807, 2.05) is 6.92 Å². The van der Waals surface area contributed by atoms with Gasteiger partial charge in [-0.15, -0.1) is 6.42 Å². The van der Waals surface area contributed by atoms with E-state index in [1.165, 1.54) is 14.2 Å². The predicted octanol–water partition coefficient (Wildman–Crippen LogP) is 2.36. The number of methoxy groups -OCH3 is 2. The molecular formula is C16H19NO3. The summed E-state index contributed by atoms with van der Waals surface area (Å²) in [4.78, 5) is 12.4. The van der Waals surface area contributed by atoms with Crippen LogP contribution in [-0.2, 0) is 0 Å². The van der Waals surface area contributed by atoms with Gasteiger partial charge in [0.2, 0.25) is 0 Å². The molecule has 0 aliphatic heterocycles. The summed E-state index contributed by atoms with van der Waals surface area (Å²) in [6.07, 6.45) is 8.63. The standard InChI is InChI=1S/C16H19NO3/c1-5-11-9-13(19-3)14(20-4)10-12(11)15(18)17-16(2)7-6-8-16/h1,9-10H,6-8H2,2-4H3,(H,17,18). The van der Waals surface area contributed by atoms with Crippen LogP contribution in [0.15, 0.2) is 12.1 Å². The molecule has 0 unspecified atom stereocenters. The summed E-state index contributed by atoms with van der Waals surface area (Å²) in [5.41, 5.74) is 0.831. The van der Waals surface area contributed by atoms with Gasteiger partial charge in [-0.05, 0) is 32.3 Å². The van der Waals surface area contributed by atoms with Gasteiger partial charge < -0.3 is 14.8 Å². The van der Waals surface area contributed by atoms with Crippen LogP contribution < -0.4 is 14.8 Å². The first-order chi connectivity index (χ1) is 9.53. The van der Waals surface area contributed by atoms with Gasteiger partial charge in [-0.1, -0.05) is 5.92 Å². The lowest BCUT2D eigenvalue weighted by atomic mass is 9.78. The minimum absolute atomic E-state index is 0.115. The van der Waals surface area contributed by atoms with Crippen molar-refractivity contribution < 1.29 is 14.3 Å². The largest absolute Gasteiger partial charge is 0.493 e. The average molecular weight is 273 g/mol. The second kappa shape index (κ2) is 5.46. The number of amides is 1. The summed E-state index contributed by atoms with van der Waals surface area (Å²) in [5.74, 6) is 3.38. The smallest absolute Gasteiger partial charge is 0.253 e. The van der Waals surface area contributed by atoms with Crippen LogP contribution in [0.5, 0.6) is 11.5 Å². The van der Waals surface area contributed by atoms with E-state index in [0.29, 0.717) is 22.6 Å². The fourth-order valence-corrected chi connectivity index (χ4v) is 2.36. The molecule has 1 aliphatic rings. The molecule has 1 aromatic carbocycles. The molecule has 1 aliphatic carbocycles. The van der Waals surface area contributed by atoms with E-state index < -0.39 is 0 Å². The first-order valence-electron chi connectivity index (χ1n) is 6.58. The third-order valence-corrected chi connectivity index (χ3v) is 3.80. The van der Waals surface area contributed by atoms with Crippen molar-refractivity contribution in [2.24, 2.45) is 0 Å². The Hall–Kier alpha value is -2.15. The third-order valence-electron chi connectivity index (χ3n) is 3.80. The van der Waals surface area contributed by atoms with Crippen molar-refractivity contribution >= 4 is 5.91 Å². The molecule has 1 fully saturated rings. The highest BCUT2D eigenvalue weighted by atomic mass is 16.5. The minimum Gasteiger partial charge on any atom is -0.493 e. The predicted molar refractivity (Wildman–Crippen MR) is 77.2 cm³/mol. The van der Waals surface area contributed by atoms with E-state index in [-0.39, 0.29) is 11.4 Å². The number of carbonyl (C=O) groups is 1. The molecule has 106 valence electrons. The number of benzene rings is 1. The SMILES string of the molecule is C#Cc1cc(OC)c(OC)cc1C(=O)NC1(C)CCC1. The molecule has 0 heterocycles. The molecular weight excluding hydrogens is 254 g/mol. The van der Waals surface area contributed by atoms with Crippen LogP contribution in [0.3, 0.4) is 0 Å². The third kappa shape index (κ3) is 2.57. The van der Waals surface area contributed by atoms with E-state index in [9.17, 15) is 4.79 Å². The Bertz CT molecular complexity index is 568. The summed E-state index contributed by atoms with van der Waals surface area (Å²) >= 11 is 0. The summed E-state index contributed by atoms with van der Waals surface area (Å²) < 4.78 is 10.4. The Kier molecular flexibility index (Phi) is 3.89. The number of rotatable bonds is 4. The number of terminal acetylenes is 1. The fraction of sp³-hybridized carbons (Fsp3) is 0.438. The van der Waals surface area contributed by atoms with Crippen molar-refractivity contribution in [2.45, 2.75) is 31.7 Å². The van der Waals surface area contributed by atoms with Gasteiger partial charge in [0.25, 0.3) is 5.91 Å². The van der Waals surface area contributed by atoms with Crippen molar-refractivity contribution in [3.05, 3.63) is 23.3 Å². The van der Waals surface area contributed by atoms with E-state index in [2.05, 4.69) is 11.2 Å². The second-order valence-corrected chi connectivity index (χ2v) is 5.27. The molecule has 1 saturated carbocycles. The lowest BCUT2D eigenvalue weighted by Crippen LogP contribution is -2.51. The number of ether oxygens (including phenoxy) is 2. The van der Waals surface area contributed by atoms with Gasteiger partial charge in [0.05, 0.1) is 19.8 Å². The fourth-order valence-electron chi connectivity index (χ4n) is 2.36. The van der Waals surface area contributed by atoms with Crippen molar-refractivity contribution in [1.29, 1.82) is 0 Å². The van der Waals surface area contributed by atoms with Gasteiger partial charge in [-0.2, -0.15) is 0 Å². The Labute approximate surface area is 119 Å². The van der Waals surface area contributed by atoms with Gasteiger partial charge in [-0.25, -0.2) is 0 Å². The zero-order chi connectivity index (χ0) is 14.8. The summed E-state index contributed by atoms with van der Waals surface area (Å²) in [7, 11) is 3.07. The zero-order valence-electron chi connectivity index (χ0n) is 12.1. The van der Waals surface area contributed by atoms with Crippen molar-refractivity contribution in [1.82, 2.24) is 5.32 Å². The Balaban J connectivity index is 2.34.